The van der Waals surface area contributed by atoms with E-state index in [9.17, 15) is 13.2 Å². The summed E-state index contributed by atoms with van der Waals surface area (Å²) in [5.74, 6) is 0.457. The van der Waals surface area contributed by atoms with Gasteiger partial charge in [0.05, 0.1) is 16.1 Å². The molecule has 3 aromatic rings. The van der Waals surface area contributed by atoms with E-state index < -0.39 is 10.0 Å². The van der Waals surface area contributed by atoms with Crippen molar-refractivity contribution in [3.63, 3.8) is 0 Å². The SMILES string of the molecule is NS(=O)(=O)c1ccc(CCNC(=O)c2cnc3c(c2)N(Cc2cc(Cl)ccc2Cl)CCN3)cc1. The molecule has 4 rings (SSSR count). The molecule has 0 radical (unpaired) electrons. The van der Waals surface area contributed by atoms with Gasteiger partial charge < -0.3 is 15.5 Å². The summed E-state index contributed by atoms with van der Waals surface area (Å²) in [7, 11) is -3.73. The smallest absolute Gasteiger partial charge is 0.252 e. The van der Waals surface area contributed by atoms with E-state index in [0.717, 1.165) is 23.4 Å². The van der Waals surface area contributed by atoms with Crippen LogP contribution in [0, 0.1) is 0 Å². The number of anilines is 2. The van der Waals surface area contributed by atoms with Crippen LogP contribution in [0.3, 0.4) is 0 Å². The summed E-state index contributed by atoms with van der Waals surface area (Å²) in [5, 5.41) is 12.5. The zero-order valence-electron chi connectivity index (χ0n) is 18.1. The van der Waals surface area contributed by atoms with Crippen molar-refractivity contribution in [2.24, 2.45) is 5.14 Å². The summed E-state index contributed by atoms with van der Waals surface area (Å²) in [5.41, 5.74) is 3.03. The van der Waals surface area contributed by atoms with Crippen molar-refractivity contribution in [1.29, 1.82) is 0 Å². The topological polar surface area (TPSA) is 117 Å². The minimum atomic E-state index is -3.73. The van der Waals surface area contributed by atoms with Gasteiger partial charge >= 0.3 is 0 Å². The number of nitrogens with two attached hydrogens (primary N) is 1. The van der Waals surface area contributed by atoms with Gasteiger partial charge in [-0.05, 0) is 53.9 Å². The van der Waals surface area contributed by atoms with Gasteiger partial charge in [-0.15, -0.1) is 0 Å². The molecule has 1 aromatic heterocycles. The Hall–Kier alpha value is -2.85. The van der Waals surface area contributed by atoms with Crippen molar-refractivity contribution in [1.82, 2.24) is 10.3 Å². The number of benzene rings is 2. The molecule has 0 atom stereocenters. The number of aromatic nitrogens is 1. The van der Waals surface area contributed by atoms with Gasteiger partial charge in [0, 0.05) is 42.4 Å². The van der Waals surface area contributed by atoms with Crippen LogP contribution in [0.25, 0.3) is 0 Å². The van der Waals surface area contributed by atoms with E-state index in [1.807, 2.05) is 12.1 Å². The zero-order chi connectivity index (χ0) is 24.3. The Morgan fingerprint density at radius 1 is 1.15 bits per heavy atom. The molecule has 4 N–H and O–H groups in total. The Balaban J connectivity index is 1.42. The van der Waals surface area contributed by atoms with Crippen molar-refractivity contribution in [2.45, 2.75) is 17.9 Å². The Bertz CT molecular complexity index is 1320. The number of hydrogen-bond acceptors (Lipinski definition) is 6. The first-order chi connectivity index (χ1) is 16.2. The third-order valence-electron chi connectivity index (χ3n) is 5.46. The molecule has 34 heavy (non-hydrogen) atoms. The van der Waals surface area contributed by atoms with Crippen molar-refractivity contribution in [3.8, 4) is 0 Å². The lowest BCUT2D eigenvalue weighted by molar-refractivity contribution is 0.0954. The molecular weight excluding hydrogens is 497 g/mol. The number of carbonyl (C=O) groups excluding carboxylic acids is 1. The molecule has 2 aromatic carbocycles. The van der Waals surface area contributed by atoms with Gasteiger partial charge in [0.25, 0.3) is 5.91 Å². The van der Waals surface area contributed by atoms with Crippen LogP contribution in [0.1, 0.15) is 21.5 Å². The third-order valence-corrected chi connectivity index (χ3v) is 7.00. The lowest BCUT2D eigenvalue weighted by Crippen LogP contribution is -2.34. The average molecular weight is 520 g/mol. The highest BCUT2D eigenvalue weighted by molar-refractivity contribution is 7.89. The first-order valence-corrected chi connectivity index (χ1v) is 12.8. The Morgan fingerprint density at radius 3 is 2.65 bits per heavy atom. The number of pyridine rings is 1. The highest BCUT2D eigenvalue weighted by Crippen LogP contribution is 2.31. The first kappa shape index (κ1) is 24.3. The molecule has 0 unspecified atom stereocenters. The van der Waals surface area contributed by atoms with Gasteiger partial charge in [0.1, 0.15) is 5.82 Å². The summed E-state index contributed by atoms with van der Waals surface area (Å²) in [6.07, 6.45) is 2.08. The number of nitrogens with zero attached hydrogens (tertiary/aromatic N) is 2. The number of carbonyl (C=O) groups is 1. The predicted octanol–water partition coefficient (Wildman–Crippen LogP) is 3.44. The van der Waals surface area contributed by atoms with Gasteiger partial charge in [-0.25, -0.2) is 18.5 Å². The molecule has 8 nitrogen and oxygen atoms in total. The number of halogens is 2. The molecule has 0 aliphatic carbocycles. The zero-order valence-corrected chi connectivity index (χ0v) is 20.4. The van der Waals surface area contributed by atoms with E-state index in [0.29, 0.717) is 47.5 Å². The van der Waals surface area contributed by atoms with Crippen molar-refractivity contribution < 1.29 is 13.2 Å². The van der Waals surface area contributed by atoms with Crippen LogP contribution in [-0.4, -0.2) is 38.9 Å². The fraction of sp³-hybridized carbons (Fsp3) is 0.217. The fourth-order valence-corrected chi connectivity index (χ4v) is 4.57. The van der Waals surface area contributed by atoms with E-state index in [-0.39, 0.29) is 10.8 Å². The van der Waals surface area contributed by atoms with Crippen LogP contribution in [0.15, 0.2) is 59.6 Å². The monoisotopic (exact) mass is 519 g/mol. The first-order valence-electron chi connectivity index (χ1n) is 10.5. The standard InChI is InChI=1S/C23H23Cl2N5O3S/c24-18-3-6-20(25)17(11-18)14-30-10-9-27-22-21(30)12-16(13-29-22)23(31)28-8-7-15-1-4-19(5-2-15)34(26,32)33/h1-6,11-13H,7-10,14H2,(H,27,29)(H,28,31)(H2,26,32,33). The van der Waals surface area contributed by atoms with Gasteiger partial charge in [-0.1, -0.05) is 35.3 Å². The van der Waals surface area contributed by atoms with Gasteiger partial charge in [-0.2, -0.15) is 0 Å². The van der Waals surface area contributed by atoms with E-state index in [1.54, 1.807) is 24.3 Å². The van der Waals surface area contributed by atoms with Gasteiger partial charge in [0.15, 0.2) is 0 Å². The second-order valence-electron chi connectivity index (χ2n) is 7.87. The number of hydrogen-bond donors (Lipinski definition) is 3. The molecule has 1 aliphatic heterocycles. The average Bonchev–Trinajstić information content (AvgIpc) is 2.81. The second kappa shape index (κ2) is 10.2. The Labute approximate surface area is 208 Å². The number of amides is 1. The minimum absolute atomic E-state index is 0.0534. The number of sulfonamides is 1. The number of rotatable bonds is 7. The maximum atomic E-state index is 12.7. The molecule has 0 bridgehead atoms. The van der Waals surface area contributed by atoms with Crippen LogP contribution in [0.5, 0.6) is 0 Å². The van der Waals surface area contributed by atoms with E-state index in [2.05, 4.69) is 20.5 Å². The van der Waals surface area contributed by atoms with Crippen LogP contribution in [0.4, 0.5) is 11.5 Å². The van der Waals surface area contributed by atoms with Crippen LogP contribution in [-0.2, 0) is 23.0 Å². The molecule has 1 amide bonds. The van der Waals surface area contributed by atoms with Crippen LogP contribution >= 0.6 is 23.2 Å². The molecule has 2 heterocycles. The number of primary sulfonamides is 1. The molecule has 11 heteroatoms. The summed E-state index contributed by atoms with van der Waals surface area (Å²) < 4.78 is 22.7. The van der Waals surface area contributed by atoms with Crippen molar-refractivity contribution in [3.05, 3.63) is 81.5 Å². The molecule has 0 fully saturated rings. The third kappa shape index (κ3) is 5.79. The highest BCUT2D eigenvalue weighted by Gasteiger charge is 2.21. The molecule has 0 saturated heterocycles. The number of fused-ring (bicyclic) bond motifs is 1. The van der Waals surface area contributed by atoms with Gasteiger partial charge in [0.2, 0.25) is 10.0 Å². The molecule has 1 aliphatic rings. The fourth-order valence-electron chi connectivity index (χ4n) is 3.69. The molecule has 0 saturated carbocycles. The van der Waals surface area contributed by atoms with E-state index in [1.165, 1.54) is 18.3 Å². The lowest BCUT2D eigenvalue weighted by Gasteiger charge is -2.32. The maximum absolute atomic E-state index is 12.7. The Morgan fingerprint density at radius 2 is 1.91 bits per heavy atom. The minimum Gasteiger partial charge on any atom is -0.367 e. The largest absolute Gasteiger partial charge is 0.367 e. The summed E-state index contributed by atoms with van der Waals surface area (Å²) in [6.45, 7) is 2.35. The summed E-state index contributed by atoms with van der Waals surface area (Å²) in [4.78, 5) is 19.3. The predicted molar refractivity (Wildman–Crippen MR) is 134 cm³/mol. The summed E-state index contributed by atoms with van der Waals surface area (Å²) in [6, 6.07) is 13.4. The van der Waals surface area contributed by atoms with Crippen LogP contribution in [0.2, 0.25) is 10.0 Å². The Kier molecular flexibility index (Phi) is 7.27. The normalized spacial score (nSPS) is 13.2. The summed E-state index contributed by atoms with van der Waals surface area (Å²) >= 11 is 12.5. The maximum Gasteiger partial charge on any atom is 0.252 e. The van der Waals surface area contributed by atoms with E-state index >= 15 is 0 Å². The van der Waals surface area contributed by atoms with Crippen molar-refractivity contribution >= 4 is 50.6 Å². The quantitative estimate of drug-likeness (QED) is 0.440. The van der Waals surface area contributed by atoms with Gasteiger partial charge in [-0.3, -0.25) is 4.79 Å². The lowest BCUT2D eigenvalue weighted by atomic mass is 10.1. The highest BCUT2D eigenvalue weighted by atomic mass is 35.5. The second-order valence-corrected chi connectivity index (χ2v) is 10.3. The van der Waals surface area contributed by atoms with Crippen molar-refractivity contribution in [2.75, 3.05) is 29.9 Å². The van der Waals surface area contributed by atoms with E-state index in [4.69, 9.17) is 28.3 Å². The molecular formula is C23H23Cl2N5O3S. The molecule has 0 spiro atoms. The number of nitrogens with one attached hydrogen (secondary N) is 2. The molecule has 178 valence electrons. The van der Waals surface area contributed by atoms with Crippen LogP contribution < -0.4 is 20.7 Å².